The first-order valence-electron chi connectivity index (χ1n) is 10.4. The van der Waals surface area contributed by atoms with E-state index in [0.717, 1.165) is 57.7 Å². The summed E-state index contributed by atoms with van der Waals surface area (Å²) in [7, 11) is 1.66. The van der Waals surface area contributed by atoms with E-state index in [1.54, 1.807) is 30.2 Å². The number of nitrogens with zero attached hydrogens (tertiary/aromatic N) is 5. The molecule has 2 N–H and O–H groups in total. The van der Waals surface area contributed by atoms with Gasteiger partial charge in [-0.05, 0) is 62.4 Å². The van der Waals surface area contributed by atoms with Crippen LogP contribution in [0.2, 0.25) is 0 Å². The van der Waals surface area contributed by atoms with Gasteiger partial charge in [-0.1, -0.05) is 11.8 Å². The van der Waals surface area contributed by atoms with E-state index in [1.165, 1.54) is 23.3 Å². The number of fused-ring (bicyclic) bond motifs is 3. The van der Waals surface area contributed by atoms with E-state index in [2.05, 4.69) is 26.7 Å². The van der Waals surface area contributed by atoms with Crippen LogP contribution in [0.5, 0.6) is 5.75 Å². The summed E-state index contributed by atoms with van der Waals surface area (Å²) < 4.78 is 7.36. The van der Waals surface area contributed by atoms with E-state index >= 15 is 0 Å². The summed E-state index contributed by atoms with van der Waals surface area (Å²) in [5.41, 5.74) is 8.74. The van der Waals surface area contributed by atoms with Gasteiger partial charge in [0.1, 0.15) is 22.2 Å². The molecule has 9 heteroatoms. The number of nitrogen functional groups attached to an aromatic ring is 1. The van der Waals surface area contributed by atoms with Gasteiger partial charge in [-0.2, -0.15) is 0 Å². The highest BCUT2D eigenvalue weighted by Crippen LogP contribution is 2.38. The Bertz CT molecular complexity index is 1230. The van der Waals surface area contributed by atoms with E-state index in [-0.39, 0.29) is 0 Å². The molecule has 1 aromatic carbocycles. The molecular weight excluding hydrogens is 428 g/mol. The summed E-state index contributed by atoms with van der Waals surface area (Å²) in [6.07, 6.45) is 4.69. The van der Waals surface area contributed by atoms with Crippen LogP contribution >= 0.6 is 23.1 Å². The van der Waals surface area contributed by atoms with Crippen molar-refractivity contribution in [3.63, 3.8) is 0 Å². The summed E-state index contributed by atoms with van der Waals surface area (Å²) >= 11 is 3.37. The third kappa shape index (κ3) is 3.76. The second-order valence-corrected chi connectivity index (χ2v) is 9.51. The SMILES string of the molecule is CCn1c(SCc2nc(N)c3c4c(sc3n2)CCCC4)nnc1-c1ccc(OC)cc1. The van der Waals surface area contributed by atoms with Gasteiger partial charge in [0.25, 0.3) is 0 Å². The summed E-state index contributed by atoms with van der Waals surface area (Å²) in [6, 6.07) is 7.87. The highest BCUT2D eigenvalue weighted by molar-refractivity contribution is 7.98. The molecule has 0 unspecified atom stereocenters. The molecule has 1 aliphatic carbocycles. The van der Waals surface area contributed by atoms with Gasteiger partial charge >= 0.3 is 0 Å². The number of ether oxygens (including phenoxy) is 1. The van der Waals surface area contributed by atoms with Crippen molar-refractivity contribution < 1.29 is 4.74 Å². The molecule has 3 aromatic heterocycles. The highest BCUT2D eigenvalue weighted by atomic mass is 32.2. The summed E-state index contributed by atoms with van der Waals surface area (Å²) in [4.78, 5) is 11.9. The standard InChI is InChI=1S/C22H24N6OS2/c1-3-28-20(13-8-10-14(29-2)11-9-13)26-27-22(28)30-12-17-24-19(23)18-15-6-4-5-7-16(15)31-21(18)25-17/h8-11H,3-7,12H2,1-2H3,(H2,23,24,25). The second-order valence-electron chi connectivity index (χ2n) is 7.48. The Balaban J connectivity index is 1.39. The van der Waals surface area contributed by atoms with E-state index in [0.29, 0.717) is 11.6 Å². The molecule has 0 aliphatic heterocycles. The zero-order valence-corrected chi connectivity index (χ0v) is 19.2. The number of benzene rings is 1. The first-order valence-corrected chi connectivity index (χ1v) is 12.2. The summed E-state index contributed by atoms with van der Waals surface area (Å²) in [6.45, 7) is 2.87. The fourth-order valence-corrected chi connectivity index (χ4v) is 6.20. The molecule has 0 fully saturated rings. The number of anilines is 1. The smallest absolute Gasteiger partial charge is 0.191 e. The van der Waals surface area contributed by atoms with Gasteiger partial charge in [-0.25, -0.2) is 9.97 Å². The van der Waals surface area contributed by atoms with Crippen molar-refractivity contribution in [2.75, 3.05) is 12.8 Å². The molecule has 0 saturated heterocycles. The van der Waals surface area contributed by atoms with Crippen molar-refractivity contribution in [3.8, 4) is 17.1 Å². The average molecular weight is 453 g/mol. The molecule has 3 heterocycles. The molecule has 160 valence electrons. The number of rotatable bonds is 6. The van der Waals surface area contributed by atoms with Gasteiger partial charge in [0.2, 0.25) is 0 Å². The van der Waals surface area contributed by atoms with Crippen molar-refractivity contribution in [3.05, 3.63) is 40.5 Å². The fraction of sp³-hybridized carbons (Fsp3) is 0.364. The van der Waals surface area contributed by atoms with Crippen LogP contribution in [0, 0.1) is 0 Å². The van der Waals surface area contributed by atoms with Gasteiger partial charge < -0.3 is 15.0 Å². The second kappa shape index (κ2) is 8.47. The van der Waals surface area contributed by atoms with Crippen molar-refractivity contribution >= 4 is 39.1 Å². The number of hydrogen-bond acceptors (Lipinski definition) is 8. The van der Waals surface area contributed by atoms with Gasteiger partial charge in [-0.15, -0.1) is 21.5 Å². The first-order chi connectivity index (χ1) is 15.2. The van der Waals surface area contributed by atoms with Crippen LogP contribution in [0.4, 0.5) is 5.82 Å². The van der Waals surface area contributed by atoms with Crippen LogP contribution < -0.4 is 10.5 Å². The van der Waals surface area contributed by atoms with Crippen LogP contribution in [0.15, 0.2) is 29.4 Å². The van der Waals surface area contributed by atoms with Crippen LogP contribution in [0.1, 0.15) is 36.0 Å². The van der Waals surface area contributed by atoms with E-state index < -0.39 is 0 Å². The topological polar surface area (TPSA) is 91.7 Å². The minimum atomic E-state index is 0.601. The number of nitrogens with two attached hydrogens (primary N) is 1. The van der Waals surface area contributed by atoms with Gasteiger partial charge in [0.15, 0.2) is 11.0 Å². The van der Waals surface area contributed by atoms with Crippen LogP contribution in [0.3, 0.4) is 0 Å². The predicted molar refractivity (Wildman–Crippen MR) is 126 cm³/mol. The maximum Gasteiger partial charge on any atom is 0.191 e. The van der Waals surface area contributed by atoms with E-state index in [9.17, 15) is 0 Å². The Hall–Kier alpha value is -2.65. The van der Waals surface area contributed by atoms with Crippen molar-refractivity contribution in [1.29, 1.82) is 0 Å². The molecule has 0 bridgehead atoms. The Morgan fingerprint density at radius 3 is 2.71 bits per heavy atom. The lowest BCUT2D eigenvalue weighted by atomic mass is 9.97. The van der Waals surface area contributed by atoms with Crippen molar-refractivity contribution in [2.24, 2.45) is 0 Å². The summed E-state index contributed by atoms with van der Waals surface area (Å²) in [5, 5.41) is 10.8. The van der Waals surface area contributed by atoms with Crippen LogP contribution in [-0.4, -0.2) is 31.8 Å². The first kappa shape index (κ1) is 20.3. The number of thioether (sulfide) groups is 1. The number of hydrogen-bond donors (Lipinski definition) is 1. The predicted octanol–water partition coefficient (Wildman–Crippen LogP) is 4.73. The Morgan fingerprint density at radius 1 is 1.13 bits per heavy atom. The Kier molecular flexibility index (Phi) is 5.54. The monoisotopic (exact) mass is 452 g/mol. The lowest BCUT2D eigenvalue weighted by Gasteiger charge is -2.11. The quantitative estimate of drug-likeness (QED) is 0.423. The minimum absolute atomic E-state index is 0.601. The normalized spacial score (nSPS) is 13.5. The van der Waals surface area contributed by atoms with Crippen LogP contribution in [0.25, 0.3) is 21.6 Å². The van der Waals surface area contributed by atoms with E-state index in [4.69, 9.17) is 15.5 Å². The molecule has 7 nitrogen and oxygen atoms in total. The van der Waals surface area contributed by atoms with Gasteiger partial charge in [-0.3, -0.25) is 0 Å². The molecule has 1 aliphatic rings. The lowest BCUT2D eigenvalue weighted by molar-refractivity contribution is 0.415. The van der Waals surface area contributed by atoms with E-state index in [1.807, 2.05) is 24.3 Å². The summed E-state index contributed by atoms with van der Waals surface area (Å²) in [5.74, 6) is 3.61. The number of aryl methyl sites for hydroxylation is 2. The van der Waals surface area contributed by atoms with Crippen LogP contribution in [-0.2, 0) is 25.1 Å². The number of methoxy groups -OCH3 is 1. The maximum atomic E-state index is 6.36. The third-order valence-corrected chi connectivity index (χ3v) is 7.75. The largest absolute Gasteiger partial charge is 0.497 e. The number of thiophene rings is 1. The Labute approximate surface area is 189 Å². The molecule has 0 saturated carbocycles. The molecule has 0 amide bonds. The highest BCUT2D eigenvalue weighted by Gasteiger charge is 2.20. The fourth-order valence-electron chi connectivity index (χ4n) is 4.06. The lowest BCUT2D eigenvalue weighted by Crippen LogP contribution is -2.03. The molecular formula is C22H24N6OS2. The van der Waals surface area contributed by atoms with Gasteiger partial charge in [0.05, 0.1) is 18.2 Å². The average Bonchev–Trinajstić information content (AvgIpc) is 3.38. The number of aromatic nitrogens is 5. The zero-order chi connectivity index (χ0) is 21.4. The minimum Gasteiger partial charge on any atom is -0.497 e. The maximum absolute atomic E-state index is 6.36. The third-order valence-electron chi connectivity index (χ3n) is 5.60. The molecule has 4 aromatic rings. The van der Waals surface area contributed by atoms with Crippen molar-refractivity contribution in [1.82, 2.24) is 24.7 Å². The molecule has 0 spiro atoms. The van der Waals surface area contributed by atoms with Gasteiger partial charge in [0, 0.05) is 17.0 Å². The Morgan fingerprint density at radius 2 is 1.94 bits per heavy atom. The molecule has 0 atom stereocenters. The molecule has 31 heavy (non-hydrogen) atoms. The molecule has 0 radical (unpaired) electrons. The van der Waals surface area contributed by atoms with Crippen molar-refractivity contribution in [2.45, 2.75) is 50.1 Å². The zero-order valence-electron chi connectivity index (χ0n) is 17.6. The molecule has 5 rings (SSSR count).